The van der Waals surface area contributed by atoms with Crippen molar-refractivity contribution in [2.45, 2.75) is 6.42 Å². The summed E-state index contributed by atoms with van der Waals surface area (Å²) in [6, 6.07) is 14.5. The van der Waals surface area contributed by atoms with Gasteiger partial charge in [-0.2, -0.15) is 0 Å². The summed E-state index contributed by atoms with van der Waals surface area (Å²) in [7, 11) is 3.44. The molecule has 0 radical (unpaired) electrons. The van der Waals surface area contributed by atoms with E-state index in [0.29, 0.717) is 13.2 Å². The van der Waals surface area contributed by atoms with Crippen LogP contribution < -0.4 is 15.4 Å². The Balaban J connectivity index is 1.68. The first-order valence-corrected chi connectivity index (χ1v) is 7.88. The van der Waals surface area contributed by atoms with E-state index in [0.717, 1.165) is 31.2 Å². The number of benzene rings is 2. The number of rotatable bonds is 8. The minimum Gasteiger partial charge on any atom is -0.494 e. The van der Waals surface area contributed by atoms with Gasteiger partial charge in [-0.25, -0.2) is 0 Å². The number of nitrogens with one attached hydrogen (secondary N) is 2. The Bertz CT molecular complexity index is 628. The molecule has 0 heterocycles. The molecule has 0 saturated carbocycles. The first-order valence-electron chi connectivity index (χ1n) is 7.88. The fourth-order valence-electron chi connectivity index (χ4n) is 2.22. The van der Waals surface area contributed by atoms with Gasteiger partial charge in [0.2, 0.25) is 0 Å². The number of guanidine groups is 1. The standard InChI is InChI=1S/C18H25N3O2/c1-19-18(21-11-13-22-2)20-10-5-12-23-17-9-8-15-6-3-4-7-16(15)14-17/h3-4,6-9,14H,5,10-13H2,1-2H3,(H2,19,20,21). The van der Waals surface area contributed by atoms with Gasteiger partial charge >= 0.3 is 0 Å². The predicted molar refractivity (Wildman–Crippen MR) is 95.3 cm³/mol. The lowest BCUT2D eigenvalue weighted by Gasteiger charge is -2.12. The first-order chi connectivity index (χ1) is 11.3. The van der Waals surface area contributed by atoms with Crippen molar-refractivity contribution in [3.05, 3.63) is 42.5 Å². The molecule has 2 N–H and O–H groups in total. The fraction of sp³-hybridized carbons (Fsp3) is 0.389. The maximum Gasteiger partial charge on any atom is 0.191 e. The van der Waals surface area contributed by atoms with Crippen LogP contribution in [0.2, 0.25) is 0 Å². The smallest absolute Gasteiger partial charge is 0.191 e. The van der Waals surface area contributed by atoms with Crippen LogP contribution in [0.5, 0.6) is 5.75 Å². The Morgan fingerprint density at radius 2 is 1.78 bits per heavy atom. The molecular weight excluding hydrogens is 290 g/mol. The van der Waals surface area contributed by atoms with Crippen LogP contribution in [0.25, 0.3) is 10.8 Å². The molecule has 0 atom stereocenters. The van der Waals surface area contributed by atoms with Gasteiger partial charge in [-0.3, -0.25) is 4.99 Å². The molecule has 0 spiro atoms. The highest BCUT2D eigenvalue weighted by molar-refractivity contribution is 5.83. The van der Waals surface area contributed by atoms with Crippen LogP contribution in [0.15, 0.2) is 47.5 Å². The third-order valence-electron chi connectivity index (χ3n) is 3.43. The van der Waals surface area contributed by atoms with Gasteiger partial charge in [-0.05, 0) is 29.3 Å². The van der Waals surface area contributed by atoms with E-state index in [1.54, 1.807) is 14.2 Å². The largest absolute Gasteiger partial charge is 0.494 e. The van der Waals surface area contributed by atoms with Crippen molar-refractivity contribution in [2.24, 2.45) is 4.99 Å². The number of nitrogens with zero attached hydrogens (tertiary/aromatic N) is 1. The third kappa shape index (κ3) is 5.79. The van der Waals surface area contributed by atoms with E-state index in [2.05, 4.69) is 39.9 Å². The van der Waals surface area contributed by atoms with Crippen LogP contribution in [0.3, 0.4) is 0 Å². The van der Waals surface area contributed by atoms with Crippen molar-refractivity contribution in [3.8, 4) is 5.75 Å². The van der Waals surface area contributed by atoms with Crippen molar-refractivity contribution in [1.82, 2.24) is 10.6 Å². The molecule has 0 saturated heterocycles. The molecule has 0 unspecified atom stereocenters. The lowest BCUT2D eigenvalue weighted by Crippen LogP contribution is -2.39. The van der Waals surface area contributed by atoms with E-state index in [-0.39, 0.29) is 0 Å². The van der Waals surface area contributed by atoms with Crippen LogP contribution in [0, 0.1) is 0 Å². The topological polar surface area (TPSA) is 54.9 Å². The van der Waals surface area contributed by atoms with Gasteiger partial charge in [0.1, 0.15) is 5.75 Å². The number of hydrogen-bond donors (Lipinski definition) is 2. The molecule has 2 aromatic carbocycles. The molecule has 5 nitrogen and oxygen atoms in total. The Morgan fingerprint density at radius 3 is 2.57 bits per heavy atom. The summed E-state index contributed by atoms with van der Waals surface area (Å²) in [4.78, 5) is 4.15. The zero-order valence-corrected chi connectivity index (χ0v) is 13.8. The molecule has 0 aromatic heterocycles. The molecule has 0 bridgehead atoms. The zero-order chi connectivity index (χ0) is 16.3. The van der Waals surface area contributed by atoms with E-state index in [4.69, 9.17) is 9.47 Å². The van der Waals surface area contributed by atoms with Crippen molar-refractivity contribution in [1.29, 1.82) is 0 Å². The summed E-state index contributed by atoms with van der Waals surface area (Å²) in [6.07, 6.45) is 0.901. The van der Waals surface area contributed by atoms with Gasteiger partial charge in [0.25, 0.3) is 0 Å². The molecular formula is C18H25N3O2. The highest BCUT2D eigenvalue weighted by Crippen LogP contribution is 2.20. The van der Waals surface area contributed by atoms with Crippen LogP contribution >= 0.6 is 0 Å². The van der Waals surface area contributed by atoms with Crippen molar-refractivity contribution in [2.75, 3.05) is 40.5 Å². The lowest BCUT2D eigenvalue weighted by molar-refractivity contribution is 0.203. The van der Waals surface area contributed by atoms with E-state index < -0.39 is 0 Å². The average Bonchev–Trinajstić information content (AvgIpc) is 2.60. The van der Waals surface area contributed by atoms with Crippen LogP contribution in [-0.2, 0) is 4.74 Å². The number of hydrogen-bond acceptors (Lipinski definition) is 3. The second-order valence-electron chi connectivity index (χ2n) is 5.13. The van der Waals surface area contributed by atoms with E-state index >= 15 is 0 Å². The highest BCUT2D eigenvalue weighted by atomic mass is 16.5. The quantitative estimate of drug-likeness (QED) is 0.446. The molecule has 2 aromatic rings. The van der Waals surface area contributed by atoms with Gasteiger partial charge in [-0.15, -0.1) is 0 Å². The maximum absolute atomic E-state index is 5.81. The van der Waals surface area contributed by atoms with E-state index in [1.807, 2.05) is 18.2 Å². The summed E-state index contributed by atoms with van der Waals surface area (Å²) in [6.45, 7) is 2.87. The number of aliphatic imine (C=N–C) groups is 1. The van der Waals surface area contributed by atoms with Crippen molar-refractivity contribution < 1.29 is 9.47 Å². The Labute approximate surface area is 137 Å². The zero-order valence-electron chi connectivity index (χ0n) is 13.8. The maximum atomic E-state index is 5.81. The summed E-state index contributed by atoms with van der Waals surface area (Å²) >= 11 is 0. The van der Waals surface area contributed by atoms with Gasteiger partial charge in [0.15, 0.2) is 5.96 Å². The average molecular weight is 315 g/mol. The molecule has 5 heteroatoms. The normalized spacial score (nSPS) is 11.5. The summed E-state index contributed by atoms with van der Waals surface area (Å²) in [5.74, 6) is 1.69. The van der Waals surface area contributed by atoms with Crippen LogP contribution in [-0.4, -0.2) is 46.4 Å². The van der Waals surface area contributed by atoms with Crippen LogP contribution in [0.1, 0.15) is 6.42 Å². The van der Waals surface area contributed by atoms with E-state index in [9.17, 15) is 0 Å². The Kier molecular flexibility index (Phi) is 7.20. The lowest BCUT2D eigenvalue weighted by atomic mass is 10.1. The second-order valence-corrected chi connectivity index (χ2v) is 5.13. The first kappa shape index (κ1) is 17.1. The fourth-order valence-corrected chi connectivity index (χ4v) is 2.22. The van der Waals surface area contributed by atoms with Gasteiger partial charge in [0, 0.05) is 27.2 Å². The molecule has 0 fully saturated rings. The highest BCUT2D eigenvalue weighted by Gasteiger charge is 1.99. The monoisotopic (exact) mass is 315 g/mol. The molecule has 0 aliphatic carbocycles. The second kappa shape index (κ2) is 9.69. The third-order valence-corrected chi connectivity index (χ3v) is 3.43. The number of ether oxygens (including phenoxy) is 2. The minimum atomic E-state index is 0.659. The molecule has 2 rings (SSSR count). The summed E-state index contributed by atoms with van der Waals surface area (Å²) in [5, 5.41) is 8.85. The molecule has 124 valence electrons. The summed E-state index contributed by atoms with van der Waals surface area (Å²) < 4.78 is 10.8. The predicted octanol–water partition coefficient (Wildman–Crippen LogP) is 2.42. The van der Waals surface area contributed by atoms with Crippen LogP contribution in [0.4, 0.5) is 0 Å². The number of methoxy groups -OCH3 is 1. The van der Waals surface area contributed by atoms with E-state index in [1.165, 1.54) is 10.8 Å². The van der Waals surface area contributed by atoms with Gasteiger partial charge in [-0.1, -0.05) is 30.3 Å². The number of fused-ring (bicyclic) bond motifs is 1. The van der Waals surface area contributed by atoms with Gasteiger partial charge in [0.05, 0.1) is 13.2 Å². The molecule has 0 aliphatic heterocycles. The minimum absolute atomic E-state index is 0.659. The Morgan fingerprint density at radius 1 is 1.00 bits per heavy atom. The van der Waals surface area contributed by atoms with Crippen molar-refractivity contribution in [3.63, 3.8) is 0 Å². The van der Waals surface area contributed by atoms with Crippen molar-refractivity contribution >= 4 is 16.7 Å². The Hall–Kier alpha value is -2.27. The van der Waals surface area contributed by atoms with Gasteiger partial charge < -0.3 is 20.1 Å². The molecule has 0 aliphatic rings. The molecule has 0 amide bonds. The SMILES string of the molecule is CN=C(NCCCOc1ccc2ccccc2c1)NCCOC. The molecule has 23 heavy (non-hydrogen) atoms. The summed E-state index contributed by atoms with van der Waals surface area (Å²) in [5.41, 5.74) is 0.